The van der Waals surface area contributed by atoms with Gasteiger partial charge in [-0.3, -0.25) is 0 Å². The number of benzene rings is 7. The molecule has 8 aromatic rings. The normalized spacial score (nSPS) is 13.1. The molecule has 0 radical (unpaired) electrons. The second kappa shape index (κ2) is 10.3. The van der Waals surface area contributed by atoms with Gasteiger partial charge in [0.15, 0.2) is 0 Å². The fourth-order valence-electron chi connectivity index (χ4n) is 7.47. The number of para-hydroxylation sites is 2. The summed E-state index contributed by atoms with van der Waals surface area (Å²) in [7, 11) is 0. The van der Waals surface area contributed by atoms with Gasteiger partial charge in [-0.05, 0) is 75.8 Å². The first-order valence-corrected chi connectivity index (χ1v) is 16.3. The number of rotatable bonds is 5. The lowest BCUT2D eigenvalue weighted by Gasteiger charge is -2.33. The van der Waals surface area contributed by atoms with Gasteiger partial charge in [-0.25, -0.2) is 0 Å². The predicted octanol–water partition coefficient (Wildman–Crippen LogP) is 11.9. The van der Waals surface area contributed by atoms with E-state index in [0.29, 0.717) is 0 Å². The number of hydrogen-bond acceptors (Lipinski definition) is 2. The second-order valence-corrected chi connectivity index (χ2v) is 12.7. The molecule has 0 saturated carbocycles. The van der Waals surface area contributed by atoms with E-state index >= 15 is 0 Å². The maximum absolute atomic E-state index is 2.49. The SMILES string of the molecule is c1ccc(N(c2ccccc2)c2cccc3c2sc2cc4c(cc23)-c2ccccc2C4(c2ccccc2)c2ccccc2)cc1. The Balaban J connectivity index is 1.36. The van der Waals surface area contributed by atoms with E-state index in [-0.39, 0.29) is 0 Å². The van der Waals surface area contributed by atoms with Crippen molar-refractivity contribution >= 4 is 48.6 Å². The largest absolute Gasteiger partial charge is 0.309 e. The van der Waals surface area contributed by atoms with Gasteiger partial charge in [0.2, 0.25) is 0 Å². The van der Waals surface area contributed by atoms with Crippen LogP contribution in [0.3, 0.4) is 0 Å². The highest BCUT2D eigenvalue weighted by atomic mass is 32.1. The molecular formula is C43H29NS. The van der Waals surface area contributed by atoms with Gasteiger partial charge in [0.1, 0.15) is 0 Å². The van der Waals surface area contributed by atoms with Gasteiger partial charge in [0.25, 0.3) is 0 Å². The summed E-state index contributed by atoms with van der Waals surface area (Å²) in [4.78, 5) is 2.39. The Morgan fingerprint density at radius 3 is 1.60 bits per heavy atom. The van der Waals surface area contributed by atoms with Crippen LogP contribution in [0.15, 0.2) is 176 Å². The van der Waals surface area contributed by atoms with Crippen LogP contribution in [0.4, 0.5) is 17.1 Å². The summed E-state index contributed by atoms with van der Waals surface area (Å²) in [6.07, 6.45) is 0. The zero-order chi connectivity index (χ0) is 29.8. The quantitative estimate of drug-likeness (QED) is 0.192. The smallest absolute Gasteiger partial charge is 0.0714 e. The molecule has 1 nitrogen and oxygen atoms in total. The van der Waals surface area contributed by atoms with Crippen molar-refractivity contribution in [3.63, 3.8) is 0 Å². The summed E-state index contributed by atoms with van der Waals surface area (Å²) in [6.45, 7) is 0. The van der Waals surface area contributed by atoms with Gasteiger partial charge < -0.3 is 4.90 Å². The Bertz CT molecular complexity index is 2230. The summed E-state index contributed by atoms with van der Waals surface area (Å²) in [5.41, 5.74) is 11.0. The average Bonchev–Trinajstić information content (AvgIpc) is 3.63. The topological polar surface area (TPSA) is 3.24 Å². The van der Waals surface area contributed by atoms with Crippen molar-refractivity contribution in [2.45, 2.75) is 5.41 Å². The summed E-state index contributed by atoms with van der Waals surface area (Å²) in [5, 5.41) is 2.60. The van der Waals surface area contributed by atoms with Crippen LogP contribution in [0.1, 0.15) is 22.3 Å². The highest BCUT2D eigenvalue weighted by molar-refractivity contribution is 7.26. The Morgan fingerprint density at radius 1 is 0.422 bits per heavy atom. The van der Waals surface area contributed by atoms with Crippen molar-refractivity contribution in [1.82, 2.24) is 0 Å². The first-order valence-electron chi connectivity index (χ1n) is 15.4. The lowest BCUT2D eigenvalue weighted by Crippen LogP contribution is -2.28. The minimum atomic E-state index is -0.401. The summed E-state index contributed by atoms with van der Waals surface area (Å²) >= 11 is 1.90. The molecule has 9 rings (SSSR count). The lowest BCUT2D eigenvalue weighted by molar-refractivity contribution is 0.770. The molecule has 2 heteroatoms. The van der Waals surface area contributed by atoms with Crippen LogP contribution >= 0.6 is 11.3 Å². The molecule has 0 spiro atoms. The molecule has 0 N–H and O–H groups in total. The molecule has 1 aliphatic rings. The molecule has 7 aromatic carbocycles. The van der Waals surface area contributed by atoms with Gasteiger partial charge in [-0.15, -0.1) is 11.3 Å². The number of fused-ring (bicyclic) bond motifs is 6. The van der Waals surface area contributed by atoms with E-state index in [0.717, 1.165) is 11.4 Å². The van der Waals surface area contributed by atoms with E-state index < -0.39 is 5.41 Å². The number of hydrogen-bond donors (Lipinski definition) is 0. The molecule has 0 bridgehead atoms. The molecule has 212 valence electrons. The van der Waals surface area contributed by atoms with Gasteiger partial charge >= 0.3 is 0 Å². The van der Waals surface area contributed by atoms with Crippen LogP contribution in [0, 0.1) is 0 Å². The van der Waals surface area contributed by atoms with Gasteiger partial charge in [0.05, 0.1) is 15.8 Å². The van der Waals surface area contributed by atoms with Gasteiger partial charge in [-0.1, -0.05) is 133 Å². The molecule has 0 fully saturated rings. The average molecular weight is 592 g/mol. The molecule has 0 aliphatic heterocycles. The number of thiophene rings is 1. The first-order chi connectivity index (χ1) is 22.3. The summed E-state index contributed by atoms with van der Waals surface area (Å²) < 4.78 is 2.60. The monoisotopic (exact) mass is 591 g/mol. The molecule has 45 heavy (non-hydrogen) atoms. The predicted molar refractivity (Wildman–Crippen MR) is 191 cm³/mol. The van der Waals surface area contributed by atoms with E-state index in [4.69, 9.17) is 0 Å². The third kappa shape index (κ3) is 3.86. The Morgan fingerprint density at radius 2 is 0.978 bits per heavy atom. The van der Waals surface area contributed by atoms with E-state index in [1.807, 2.05) is 11.3 Å². The zero-order valence-corrected chi connectivity index (χ0v) is 25.4. The van der Waals surface area contributed by atoms with Crippen LogP contribution in [-0.2, 0) is 5.41 Å². The third-order valence-corrected chi connectivity index (χ3v) is 10.5. The molecule has 1 aliphatic carbocycles. The molecule has 0 saturated heterocycles. The van der Waals surface area contributed by atoms with E-state index in [9.17, 15) is 0 Å². The molecule has 1 aromatic heterocycles. The second-order valence-electron chi connectivity index (χ2n) is 11.7. The van der Waals surface area contributed by atoms with E-state index in [1.165, 1.54) is 59.2 Å². The highest BCUT2D eigenvalue weighted by Crippen LogP contribution is 2.58. The van der Waals surface area contributed by atoms with Crippen molar-refractivity contribution < 1.29 is 0 Å². The van der Waals surface area contributed by atoms with Gasteiger partial charge in [-0.2, -0.15) is 0 Å². The Labute approximate surface area is 267 Å². The maximum Gasteiger partial charge on any atom is 0.0714 e. The number of nitrogens with zero attached hydrogens (tertiary/aromatic N) is 1. The Kier molecular flexibility index (Phi) is 5.97. The highest BCUT2D eigenvalue weighted by Gasteiger charge is 2.46. The van der Waals surface area contributed by atoms with Crippen LogP contribution in [0.5, 0.6) is 0 Å². The molecule has 0 unspecified atom stereocenters. The van der Waals surface area contributed by atoms with Crippen LogP contribution < -0.4 is 4.90 Å². The van der Waals surface area contributed by atoms with E-state index in [1.54, 1.807) is 0 Å². The standard InChI is InChI=1S/C43H29NS/c1-5-16-30(17-6-1)43(31-18-7-2-8-19-31)38-26-14-13-24-34(38)36-28-37-35-25-15-27-40(42(35)45-41(37)29-39(36)43)44(32-20-9-3-10-21-32)33-22-11-4-12-23-33/h1-29H. The third-order valence-electron chi connectivity index (χ3n) is 9.32. The minimum absolute atomic E-state index is 0.401. The van der Waals surface area contributed by atoms with Crippen LogP contribution in [0.25, 0.3) is 31.3 Å². The molecule has 0 atom stereocenters. The fourth-order valence-corrected chi connectivity index (χ4v) is 8.70. The molecule has 0 amide bonds. The summed E-state index contributed by atoms with van der Waals surface area (Å²) in [6, 6.07) is 64.2. The Hall–Kier alpha value is -5.44. The van der Waals surface area contributed by atoms with Crippen molar-refractivity contribution in [2.75, 3.05) is 4.90 Å². The van der Waals surface area contributed by atoms with Gasteiger partial charge in [0, 0.05) is 26.8 Å². The fraction of sp³-hybridized carbons (Fsp3) is 0.0233. The molecular weight excluding hydrogens is 563 g/mol. The van der Waals surface area contributed by atoms with Crippen molar-refractivity contribution in [3.8, 4) is 11.1 Å². The van der Waals surface area contributed by atoms with Crippen molar-refractivity contribution in [2.24, 2.45) is 0 Å². The maximum atomic E-state index is 2.49. The van der Waals surface area contributed by atoms with Crippen molar-refractivity contribution in [1.29, 1.82) is 0 Å². The summed E-state index contributed by atoms with van der Waals surface area (Å²) in [5.74, 6) is 0. The molecule has 1 heterocycles. The van der Waals surface area contributed by atoms with Crippen LogP contribution in [-0.4, -0.2) is 0 Å². The van der Waals surface area contributed by atoms with Crippen LogP contribution in [0.2, 0.25) is 0 Å². The minimum Gasteiger partial charge on any atom is -0.309 e. The number of anilines is 3. The van der Waals surface area contributed by atoms with E-state index in [2.05, 4.69) is 181 Å². The zero-order valence-electron chi connectivity index (χ0n) is 24.6. The first kappa shape index (κ1) is 26.0. The lowest BCUT2D eigenvalue weighted by atomic mass is 9.68. The van der Waals surface area contributed by atoms with Crippen molar-refractivity contribution in [3.05, 3.63) is 198 Å².